The molecule has 1 aliphatic rings. The Labute approximate surface area is 165 Å². The van der Waals surface area contributed by atoms with Gasteiger partial charge in [0.25, 0.3) is 0 Å². The highest BCUT2D eigenvalue weighted by molar-refractivity contribution is 6.33. The van der Waals surface area contributed by atoms with Gasteiger partial charge in [-0.05, 0) is 43.0 Å². The highest BCUT2D eigenvalue weighted by atomic mass is 35.5. The van der Waals surface area contributed by atoms with Crippen molar-refractivity contribution in [2.75, 3.05) is 42.9 Å². The highest BCUT2D eigenvalue weighted by Gasteiger charge is 2.18. The maximum atomic E-state index is 12.0. The second-order valence-electron chi connectivity index (χ2n) is 5.93. The molecule has 0 spiro atoms. The average Bonchev–Trinajstić information content (AvgIpc) is 3.14. The molecule has 2 aromatic rings. The van der Waals surface area contributed by atoms with Crippen LogP contribution in [-0.2, 0) is 4.79 Å². The molecule has 1 aliphatic heterocycles. The number of nitrogens with zero attached hydrogens (tertiary/aromatic N) is 2. The third-order valence-electron chi connectivity index (χ3n) is 4.32. The van der Waals surface area contributed by atoms with E-state index in [1.54, 1.807) is 30.5 Å². The normalized spacial score (nSPS) is 15.1. The summed E-state index contributed by atoms with van der Waals surface area (Å²) in [6, 6.07) is 9.20. The van der Waals surface area contributed by atoms with E-state index in [-0.39, 0.29) is 18.3 Å². The van der Waals surface area contributed by atoms with Gasteiger partial charge in [-0.2, -0.15) is 0 Å². The lowest BCUT2D eigenvalue weighted by Crippen LogP contribution is -2.46. The minimum atomic E-state index is -0.225. The van der Waals surface area contributed by atoms with Crippen molar-refractivity contribution in [2.45, 2.75) is 6.92 Å². The molecule has 1 amide bonds. The minimum Gasteiger partial charge on any atom is -0.465 e. The lowest BCUT2D eigenvalue weighted by atomic mass is 10.2. The van der Waals surface area contributed by atoms with Gasteiger partial charge >= 0.3 is 0 Å². The molecule has 26 heavy (non-hydrogen) atoms. The van der Waals surface area contributed by atoms with Crippen LogP contribution in [0.3, 0.4) is 0 Å². The van der Waals surface area contributed by atoms with Crippen LogP contribution < -0.4 is 10.2 Å². The van der Waals surface area contributed by atoms with Crippen molar-refractivity contribution in [3.05, 3.63) is 53.5 Å². The molecular formula is C19H23Cl2N3O2. The summed E-state index contributed by atoms with van der Waals surface area (Å²) in [5.74, 6) is 0.409. The number of likely N-dealkylation sites (N-methyl/N-ethyl adjacent to an activating group) is 1. The van der Waals surface area contributed by atoms with Crippen LogP contribution >= 0.6 is 24.0 Å². The van der Waals surface area contributed by atoms with Gasteiger partial charge in [-0.25, -0.2) is 0 Å². The Morgan fingerprint density at radius 3 is 2.65 bits per heavy atom. The molecule has 0 atom stereocenters. The summed E-state index contributed by atoms with van der Waals surface area (Å²) in [5, 5.41) is 3.46. The number of hydrogen-bond donors (Lipinski definition) is 1. The lowest BCUT2D eigenvalue weighted by Gasteiger charge is -2.36. The zero-order valence-corrected chi connectivity index (χ0v) is 16.2. The summed E-state index contributed by atoms with van der Waals surface area (Å²) in [5.41, 5.74) is 1.69. The quantitative estimate of drug-likeness (QED) is 0.772. The molecule has 1 aromatic carbocycles. The summed E-state index contributed by atoms with van der Waals surface area (Å²) >= 11 is 6.44. The first-order valence-corrected chi connectivity index (χ1v) is 8.83. The number of anilines is 2. The summed E-state index contributed by atoms with van der Waals surface area (Å²) in [6.45, 7) is 7.28. The number of hydrogen-bond acceptors (Lipinski definition) is 4. The Morgan fingerprint density at radius 1 is 1.27 bits per heavy atom. The lowest BCUT2D eigenvalue weighted by molar-refractivity contribution is -0.111. The Morgan fingerprint density at radius 2 is 2.04 bits per heavy atom. The van der Waals surface area contributed by atoms with Crippen molar-refractivity contribution in [3.63, 3.8) is 0 Å². The van der Waals surface area contributed by atoms with E-state index in [2.05, 4.69) is 22.0 Å². The van der Waals surface area contributed by atoms with Gasteiger partial charge in [0.1, 0.15) is 5.76 Å². The number of amides is 1. The molecule has 0 bridgehead atoms. The van der Waals surface area contributed by atoms with Crippen LogP contribution in [-0.4, -0.2) is 43.5 Å². The topological polar surface area (TPSA) is 48.7 Å². The molecule has 3 rings (SSSR count). The molecule has 0 unspecified atom stereocenters. The van der Waals surface area contributed by atoms with Gasteiger partial charge in [0.2, 0.25) is 5.91 Å². The van der Waals surface area contributed by atoms with Crippen molar-refractivity contribution in [3.8, 4) is 0 Å². The molecule has 140 valence electrons. The molecule has 0 aliphatic carbocycles. The number of benzene rings is 1. The van der Waals surface area contributed by atoms with Crippen LogP contribution in [0.4, 0.5) is 11.4 Å². The van der Waals surface area contributed by atoms with Crippen molar-refractivity contribution >= 4 is 47.4 Å². The van der Waals surface area contributed by atoms with Gasteiger partial charge in [-0.3, -0.25) is 4.79 Å². The van der Waals surface area contributed by atoms with Crippen LogP contribution in [0.1, 0.15) is 12.7 Å². The van der Waals surface area contributed by atoms with Crippen LogP contribution in [0.5, 0.6) is 0 Å². The number of nitrogens with one attached hydrogen (secondary N) is 1. The second kappa shape index (κ2) is 9.67. The Kier molecular flexibility index (Phi) is 7.57. The van der Waals surface area contributed by atoms with Crippen LogP contribution in [0.2, 0.25) is 5.02 Å². The summed E-state index contributed by atoms with van der Waals surface area (Å²) in [4.78, 5) is 16.7. The smallest absolute Gasteiger partial charge is 0.248 e. The van der Waals surface area contributed by atoms with Gasteiger partial charge in [0.15, 0.2) is 0 Å². The molecule has 2 heterocycles. The van der Waals surface area contributed by atoms with Crippen molar-refractivity contribution in [1.29, 1.82) is 0 Å². The van der Waals surface area contributed by atoms with E-state index in [1.807, 2.05) is 12.1 Å². The number of piperazine rings is 1. The van der Waals surface area contributed by atoms with Gasteiger partial charge in [0.05, 0.1) is 17.0 Å². The summed E-state index contributed by atoms with van der Waals surface area (Å²) < 4.78 is 5.15. The molecule has 1 fully saturated rings. The Balaban J connectivity index is 0.00000243. The van der Waals surface area contributed by atoms with Crippen LogP contribution in [0.25, 0.3) is 6.08 Å². The fourth-order valence-electron chi connectivity index (χ4n) is 2.87. The number of carbonyl (C=O) groups is 1. The van der Waals surface area contributed by atoms with E-state index < -0.39 is 0 Å². The second-order valence-corrected chi connectivity index (χ2v) is 6.33. The summed E-state index contributed by atoms with van der Waals surface area (Å²) in [7, 11) is 0. The van der Waals surface area contributed by atoms with Gasteiger partial charge in [0, 0.05) is 37.9 Å². The van der Waals surface area contributed by atoms with Gasteiger partial charge in [-0.15, -0.1) is 12.4 Å². The van der Waals surface area contributed by atoms with Crippen LogP contribution in [0, 0.1) is 0 Å². The molecular weight excluding hydrogens is 373 g/mol. The predicted molar refractivity (Wildman–Crippen MR) is 109 cm³/mol. The van der Waals surface area contributed by atoms with Crippen molar-refractivity contribution in [1.82, 2.24) is 4.90 Å². The largest absolute Gasteiger partial charge is 0.465 e. The molecule has 5 nitrogen and oxygen atoms in total. The number of furan rings is 1. The number of rotatable bonds is 5. The maximum absolute atomic E-state index is 12.0. The Hall–Kier alpha value is -1.95. The highest BCUT2D eigenvalue weighted by Crippen LogP contribution is 2.29. The van der Waals surface area contributed by atoms with Crippen molar-refractivity contribution < 1.29 is 9.21 Å². The molecule has 1 saturated heterocycles. The molecule has 0 saturated carbocycles. The van der Waals surface area contributed by atoms with Gasteiger partial charge < -0.3 is 19.5 Å². The van der Waals surface area contributed by atoms with E-state index in [1.165, 1.54) is 6.08 Å². The third kappa shape index (κ3) is 5.27. The van der Waals surface area contributed by atoms with E-state index in [0.717, 1.165) is 38.4 Å². The van der Waals surface area contributed by atoms with Crippen molar-refractivity contribution in [2.24, 2.45) is 0 Å². The van der Waals surface area contributed by atoms with E-state index >= 15 is 0 Å². The molecule has 0 radical (unpaired) electrons. The monoisotopic (exact) mass is 395 g/mol. The van der Waals surface area contributed by atoms with E-state index in [0.29, 0.717) is 16.5 Å². The van der Waals surface area contributed by atoms with Crippen LogP contribution in [0.15, 0.2) is 47.1 Å². The minimum absolute atomic E-state index is 0. The van der Waals surface area contributed by atoms with E-state index in [9.17, 15) is 4.79 Å². The first kappa shape index (κ1) is 20.4. The zero-order chi connectivity index (χ0) is 17.6. The zero-order valence-electron chi connectivity index (χ0n) is 14.7. The fraction of sp³-hybridized carbons (Fsp3) is 0.316. The first-order chi connectivity index (χ1) is 12.2. The van der Waals surface area contributed by atoms with Gasteiger partial charge in [-0.1, -0.05) is 18.5 Å². The third-order valence-corrected chi connectivity index (χ3v) is 4.62. The fourth-order valence-corrected chi connectivity index (χ4v) is 3.17. The molecule has 1 N–H and O–H groups in total. The average molecular weight is 396 g/mol. The van der Waals surface area contributed by atoms with E-state index in [4.69, 9.17) is 16.0 Å². The number of halogens is 2. The maximum Gasteiger partial charge on any atom is 0.248 e. The SMILES string of the molecule is CCN1CCN(c2ccc(NC(=O)C=Cc3ccco3)cc2Cl)CC1.Cl. The molecule has 7 heteroatoms. The number of carbonyl (C=O) groups excluding carboxylic acids is 1. The summed E-state index contributed by atoms with van der Waals surface area (Å²) in [6.07, 6.45) is 4.62. The standard InChI is InChI=1S/C19H22ClN3O2.ClH/c1-2-22-9-11-23(12-10-22)18-7-5-15(14-17(18)20)21-19(24)8-6-16-4-3-13-25-16;/h3-8,13-14H,2,9-12H2,1H3,(H,21,24);1H. The predicted octanol–water partition coefficient (Wildman–Crippen LogP) is 4.15. The molecule has 1 aromatic heterocycles. The Bertz CT molecular complexity index is 739. The first-order valence-electron chi connectivity index (χ1n) is 8.45.